The number of carbonyl (C=O) groups excluding carboxylic acids is 1. The van der Waals surface area contributed by atoms with Crippen molar-refractivity contribution < 1.29 is 14.7 Å². The minimum absolute atomic E-state index is 0.0533. The molecule has 0 aromatic heterocycles. The Morgan fingerprint density at radius 1 is 1.19 bits per heavy atom. The zero-order valence-electron chi connectivity index (χ0n) is 13.9. The highest BCUT2D eigenvalue weighted by Crippen LogP contribution is 2.10. The van der Waals surface area contributed by atoms with Gasteiger partial charge in [0.15, 0.2) is 0 Å². The Hall–Kier alpha value is -0.910. The predicted octanol–water partition coefficient (Wildman–Crippen LogP) is 3.05. The van der Waals surface area contributed by atoms with Crippen molar-refractivity contribution in [2.45, 2.75) is 58.5 Å². The fourth-order valence-electron chi connectivity index (χ4n) is 1.92. The molecule has 3 atom stereocenters. The Kier molecular flexibility index (Phi) is 10.3. The molecule has 0 radical (unpaired) electrons. The molecule has 2 amide bonds. The fraction of sp³-hybridized carbons (Fsp3) is 0.867. The van der Waals surface area contributed by atoms with E-state index >= 15 is 0 Å². The summed E-state index contributed by atoms with van der Waals surface area (Å²) in [7, 11) is 1.82. The third-order valence-electron chi connectivity index (χ3n) is 3.79. The molecule has 0 saturated carbocycles. The normalized spacial score (nSPS) is 15.1. The highest BCUT2D eigenvalue weighted by atomic mass is 32.2. The second kappa shape index (κ2) is 10.8. The number of carboxylic acid groups (broad SMARTS) is 1. The number of nitrogens with zero attached hydrogens (tertiary/aromatic N) is 1. The first-order valence-corrected chi connectivity index (χ1v) is 8.94. The molecule has 0 aromatic carbocycles. The van der Waals surface area contributed by atoms with Gasteiger partial charge in [-0.15, -0.1) is 0 Å². The van der Waals surface area contributed by atoms with Gasteiger partial charge in [0.05, 0.1) is 5.92 Å². The molecule has 0 aliphatic heterocycles. The summed E-state index contributed by atoms with van der Waals surface area (Å²) in [5, 5.41) is 11.8. The predicted molar refractivity (Wildman–Crippen MR) is 88.9 cm³/mol. The van der Waals surface area contributed by atoms with Crippen LogP contribution in [0.4, 0.5) is 4.79 Å². The number of carboxylic acids is 1. The number of rotatable bonds is 10. The minimum atomic E-state index is -0.756. The van der Waals surface area contributed by atoms with E-state index in [-0.39, 0.29) is 24.0 Å². The number of hydrogen-bond acceptors (Lipinski definition) is 3. The van der Waals surface area contributed by atoms with Crippen molar-refractivity contribution >= 4 is 23.8 Å². The van der Waals surface area contributed by atoms with Crippen LogP contribution < -0.4 is 5.32 Å². The molecule has 21 heavy (non-hydrogen) atoms. The first-order valence-electron chi connectivity index (χ1n) is 7.54. The number of urea groups is 1. The van der Waals surface area contributed by atoms with Gasteiger partial charge in [-0.1, -0.05) is 13.3 Å². The Bertz CT molecular complexity index is 326. The van der Waals surface area contributed by atoms with Crippen molar-refractivity contribution in [3.8, 4) is 0 Å². The van der Waals surface area contributed by atoms with Gasteiger partial charge < -0.3 is 15.3 Å². The largest absolute Gasteiger partial charge is 0.481 e. The van der Waals surface area contributed by atoms with E-state index in [1.165, 1.54) is 0 Å². The second-order valence-corrected chi connectivity index (χ2v) is 6.75. The summed E-state index contributed by atoms with van der Waals surface area (Å²) >= 11 is 1.78. The Balaban J connectivity index is 4.00. The standard InChI is InChI=1S/C15H30N2O3S/c1-11(14(18)19)7-6-8-12(2)16-15(20)17(4)13(3)9-10-21-5/h11-13H,6-10H2,1-5H3,(H,16,20)(H,18,19). The van der Waals surface area contributed by atoms with Gasteiger partial charge in [-0.25, -0.2) is 4.79 Å². The van der Waals surface area contributed by atoms with E-state index in [4.69, 9.17) is 5.11 Å². The molecular weight excluding hydrogens is 288 g/mol. The maximum Gasteiger partial charge on any atom is 0.317 e. The van der Waals surface area contributed by atoms with Crippen molar-refractivity contribution in [1.82, 2.24) is 10.2 Å². The zero-order valence-corrected chi connectivity index (χ0v) is 14.7. The van der Waals surface area contributed by atoms with Gasteiger partial charge in [0.25, 0.3) is 0 Å². The Morgan fingerprint density at radius 3 is 2.33 bits per heavy atom. The van der Waals surface area contributed by atoms with Gasteiger partial charge in [-0.3, -0.25) is 4.79 Å². The summed E-state index contributed by atoms with van der Waals surface area (Å²) in [5.41, 5.74) is 0. The number of thioether (sulfide) groups is 1. The first-order chi connectivity index (χ1) is 9.79. The van der Waals surface area contributed by atoms with E-state index in [0.29, 0.717) is 6.42 Å². The third-order valence-corrected chi connectivity index (χ3v) is 4.43. The van der Waals surface area contributed by atoms with Crippen molar-refractivity contribution in [2.75, 3.05) is 19.1 Å². The van der Waals surface area contributed by atoms with Crippen molar-refractivity contribution in [1.29, 1.82) is 0 Å². The molecule has 3 unspecified atom stereocenters. The molecule has 0 spiro atoms. The Morgan fingerprint density at radius 2 is 1.81 bits per heavy atom. The lowest BCUT2D eigenvalue weighted by atomic mass is 10.0. The van der Waals surface area contributed by atoms with Crippen molar-refractivity contribution in [3.05, 3.63) is 0 Å². The van der Waals surface area contributed by atoms with E-state index in [1.807, 2.05) is 14.0 Å². The smallest absolute Gasteiger partial charge is 0.317 e. The molecule has 0 saturated heterocycles. The summed E-state index contributed by atoms with van der Waals surface area (Å²) in [6.07, 6.45) is 5.30. The van der Waals surface area contributed by atoms with Crippen LogP contribution in [0.5, 0.6) is 0 Å². The molecule has 0 heterocycles. The van der Waals surface area contributed by atoms with Crippen LogP contribution in [0.25, 0.3) is 0 Å². The van der Waals surface area contributed by atoms with Crippen LogP contribution in [-0.2, 0) is 4.79 Å². The SMILES string of the molecule is CSCCC(C)N(C)C(=O)NC(C)CCCC(C)C(=O)O. The first kappa shape index (κ1) is 20.1. The molecule has 0 aliphatic carbocycles. The topological polar surface area (TPSA) is 69.6 Å². The molecule has 5 nitrogen and oxygen atoms in total. The van der Waals surface area contributed by atoms with Gasteiger partial charge in [0, 0.05) is 19.1 Å². The van der Waals surface area contributed by atoms with Crippen LogP contribution in [-0.4, -0.2) is 53.1 Å². The van der Waals surface area contributed by atoms with Gasteiger partial charge in [-0.2, -0.15) is 11.8 Å². The van der Waals surface area contributed by atoms with E-state index in [9.17, 15) is 9.59 Å². The van der Waals surface area contributed by atoms with Crippen LogP contribution in [0.1, 0.15) is 46.5 Å². The minimum Gasteiger partial charge on any atom is -0.481 e. The lowest BCUT2D eigenvalue weighted by molar-refractivity contribution is -0.141. The summed E-state index contributed by atoms with van der Waals surface area (Å²) in [6, 6.07) is 0.229. The molecule has 6 heteroatoms. The highest BCUT2D eigenvalue weighted by Gasteiger charge is 2.17. The van der Waals surface area contributed by atoms with Crippen LogP contribution >= 0.6 is 11.8 Å². The molecule has 0 aromatic rings. The average molecular weight is 318 g/mol. The zero-order chi connectivity index (χ0) is 16.4. The molecular formula is C15H30N2O3S. The molecule has 2 N–H and O–H groups in total. The monoisotopic (exact) mass is 318 g/mol. The van der Waals surface area contributed by atoms with Crippen LogP contribution in [0.2, 0.25) is 0 Å². The number of hydrogen-bond donors (Lipinski definition) is 2. The summed E-state index contributed by atoms with van der Waals surface area (Å²) in [5.74, 6) is -0.0299. The number of aliphatic carboxylic acids is 1. The maximum absolute atomic E-state index is 12.1. The number of amides is 2. The quantitative estimate of drug-likeness (QED) is 0.649. The number of carbonyl (C=O) groups is 2. The lowest BCUT2D eigenvalue weighted by Crippen LogP contribution is -2.45. The van der Waals surface area contributed by atoms with Crippen molar-refractivity contribution in [3.63, 3.8) is 0 Å². The summed E-state index contributed by atoms with van der Waals surface area (Å²) in [4.78, 5) is 24.5. The van der Waals surface area contributed by atoms with Crippen LogP contribution in [0.15, 0.2) is 0 Å². The van der Waals surface area contributed by atoms with Crippen LogP contribution in [0, 0.1) is 5.92 Å². The highest BCUT2D eigenvalue weighted by molar-refractivity contribution is 7.98. The molecule has 0 bridgehead atoms. The summed E-state index contributed by atoms with van der Waals surface area (Å²) < 4.78 is 0. The fourth-order valence-corrected chi connectivity index (χ4v) is 2.50. The molecule has 0 fully saturated rings. The number of nitrogens with one attached hydrogen (secondary N) is 1. The van der Waals surface area contributed by atoms with Gasteiger partial charge in [0.2, 0.25) is 0 Å². The average Bonchev–Trinajstić information content (AvgIpc) is 2.43. The molecule has 124 valence electrons. The Labute approximate surface area is 132 Å². The summed E-state index contributed by atoms with van der Waals surface area (Å²) in [6.45, 7) is 5.73. The van der Waals surface area contributed by atoms with E-state index < -0.39 is 5.97 Å². The van der Waals surface area contributed by atoms with Crippen molar-refractivity contribution in [2.24, 2.45) is 5.92 Å². The van der Waals surface area contributed by atoms with Gasteiger partial charge in [-0.05, 0) is 45.1 Å². The van der Waals surface area contributed by atoms with E-state index in [0.717, 1.165) is 25.0 Å². The third kappa shape index (κ3) is 8.86. The molecule has 0 aliphatic rings. The van der Waals surface area contributed by atoms with Gasteiger partial charge in [0.1, 0.15) is 0 Å². The van der Waals surface area contributed by atoms with E-state index in [1.54, 1.807) is 23.6 Å². The van der Waals surface area contributed by atoms with E-state index in [2.05, 4.69) is 18.5 Å². The molecule has 0 rings (SSSR count). The maximum atomic E-state index is 12.1. The van der Waals surface area contributed by atoms with Gasteiger partial charge >= 0.3 is 12.0 Å². The second-order valence-electron chi connectivity index (χ2n) is 5.76. The lowest BCUT2D eigenvalue weighted by Gasteiger charge is -2.27. The van der Waals surface area contributed by atoms with Crippen LogP contribution in [0.3, 0.4) is 0 Å².